The van der Waals surface area contributed by atoms with E-state index in [9.17, 15) is 0 Å². The summed E-state index contributed by atoms with van der Waals surface area (Å²) in [6.07, 6.45) is 5.41. The van der Waals surface area contributed by atoms with E-state index in [2.05, 4.69) is 39.9 Å². The van der Waals surface area contributed by atoms with Crippen LogP contribution in [0.4, 0.5) is 0 Å². The van der Waals surface area contributed by atoms with E-state index >= 15 is 0 Å². The highest BCUT2D eigenvalue weighted by molar-refractivity contribution is 9.10. The van der Waals surface area contributed by atoms with Crippen molar-refractivity contribution in [1.29, 1.82) is 0 Å². The summed E-state index contributed by atoms with van der Waals surface area (Å²) in [4.78, 5) is 4.29. The molecule has 1 unspecified atom stereocenters. The Bertz CT molecular complexity index is 514. The van der Waals surface area contributed by atoms with Crippen LogP contribution in [0, 0.1) is 0 Å². The summed E-state index contributed by atoms with van der Waals surface area (Å²) in [5, 5.41) is 4.33. The van der Waals surface area contributed by atoms with Gasteiger partial charge in [0.2, 0.25) is 0 Å². The van der Waals surface area contributed by atoms with Crippen LogP contribution in [-0.4, -0.2) is 19.3 Å². The molecule has 2 N–H and O–H groups in total. The average Bonchev–Trinajstić information content (AvgIpc) is 2.83. The number of hydrogen-bond donors (Lipinski definition) is 1. The lowest BCUT2D eigenvalue weighted by molar-refractivity contribution is 0.492. The molecule has 0 saturated heterocycles. The molecule has 0 aliphatic rings. The van der Waals surface area contributed by atoms with Gasteiger partial charge >= 0.3 is 0 Å². The zero-order chi connectivity index (χ0) is 12.6. The second-order valence-corrected chi connectivity index (χ2v) is 5.14. The Kier molecular flexibility index (Phi) is 3.35. The van der Waals surface area contributed by atoms with Crippen molar-refractivity contribution in [3.8, 4) is 0 Å². The molecule has 0 bridgehead atoms. The first kappa shape index (κ1) is 12.3. The van der Waals surface area contributed by atoms with E-state index in [0.717, 1.165) is 16.0 Å². The maximum absolute atomic E-state index is 6.27. The maximum atomic E-state index is 6.27. The number of hydrogen-bond acceptors (Lipinski definition) is 3. The van der Waals surface area contributed by atoms with Gasteiger partial charge in [-0.25, -0.2) is 4.98 Å². The summed E-state index contributed by atoms with van der Waals surface area (Å²) in [5.74, 6) is 0.827. The van der Waals surface area contributed by atoms with E-state index < -0.39 is 0 Å². The number of halogens is 1. The molecule has 6 heteroatoms. The molecule has 0 amide bonds. The number of aromatic nitrogens is 4. The number of rotatable bonds is 3. The highest BCUT2D eigenvalue weighted by Gasteiger charge is 2.22. The summed E-state index contributed by atoms with van der Waals surface area (Å²) in [6.45, 7) is 4.15. The highest BCUT2D eigenvalue weighted by Crippen LogP contribution is 2.27. The van der Waals surface area contributed by atoms with Crippen molar-refractivity contribution < 1.29 is 0 Å². The standard InChI is InChI=1S/C11H16BrN5/c1-7(2)17-10(8(12)6-15-17)9(13)11-14-4-5-16(11)3/h4-7,9H,13H2,1-3H3. The summed E-state index contributed by atoms with van der Waals surface area (Å²) in [5.41, 5.74) is 7.22. The summed E-state index contributed by atoms with van der Waals surface area (Å²) < 4.78 is 4.76. The van der Waals surface area contributed by atoms with Crippen molar-refractivity contribution in [2.45, 2.75) is 25.9 Å². The first-order valence-electron chi connectivity index (χ1n) is 5.48. The van der Waals surface area contributed by atoms with Crippen LogP contribution in [-0.2, 0) is 7.05 Å². The lowest BCUT2D eigenvalue weighted by Crippen LogP contribution is -2.22. The van der Waals surface area contributed by atoms with Crippen LogP contribution < -0.4 is 5.73 Å². The van der Waals surface area contributed by atoms with Crippen molar-refractivity contribution in [2.75, 3.05) is 0 Å². The topological polar surface area (TPSA) is 61.7 Å². The molecule has 1 atom stereocenters. The summed E-state index contributed by atoms with van der Waals surface area (Å²) in [7, 11) is 1.94. The lowest BCUT2D eigenvalue weighted by Gasteiger charge is -2.17. The number of nitrogens with zero attached hydrogens (tertiary/aromatic N) is 4. The van der Waals surface area contributed by atoms with Gasteiger partial charge in [-0.15, -0.1) is 0 Å². The molecule has 2 aromatic heterocycles. The zero-order valence-electron chi connectivity index (χ0n) is 10.1. The maximum Gasteiger partial charge on any atom is 0.131 e. The quantitative estimate of drug-likeness (QED) is 0.943. The molecule has 0 spiro atoms. The Morgan fingerprint density at radius 3 is 2.65 bits per heavy atom. The number of aryl methyl sites for hydroxylation is 1. The molecule has 0 aliphatic heterocycles. The zero-order valence-corrected chi connectivity index (χ0v) is 11.7. The minimum atomic E-state index is -0.283. The molecule has 0 saturated carbocycles. The second kappa shape index (κ2) is 4.62. The summed E-state index contributed by atoms with van der Waals surface area (Å²) >= 11 is 3.50. The Labute approximate surface area is 109 Å². The number of imidazole rings is 1. The fourth-order valence-electron chi connectivity index (χ4n) is 1.85. The Morgan fingerprint density at radius 1 is 1.41 bits per heavy atom. The van der Waals surface area contributed by atoms with E-state index in [1.54, 1.807) is 12.4 Å². The Balaban J connectivity index is 2.47. The SMILES string of the molecule is CC(C)n1ncc(Br)c1C(N)c1nccn1C. The highest BCUT2D eigenvalue weighted by atomic mass is 79.9. The molecule has 5 nitrogen and oxygen atoms in total. The molecule has 2 aromatic rings. The second-order valence-electron chi connectivity index (χ2n) is 4.29. The Hall–Kier alpha value is -1.14. The van der Waals surface area contributed by atoms with Crippen LogP contribution in [0.3, 0.4) is 0 Å². The van der Waals surface area contributed by atoms with Crippen molar-refractivity contribution in [1.82, 2.24) is 19.3 Å². The third-order valence-corrected chi connectivity index (χ3v) is 3.32. The molecule has 2 heterocycles. The third-order valence-electron chi connectivity index (χ3n) is 2.71. The van der Waals surface area contributed by atoms with Gasteiger partial charge in [0, 0.05) is 25.5 Å². The fraction of sp³-hybridized carbons (Fsp3) is 0.455. The lowest BCUT2D eigenvalue weighted by atomic mass is 10.2. The minimum absolute atomic E-state index is 0.266. The van der Waals surface area contributed by atoms with Crippen molar-refractivity contribution in [2.24, 2.45) is 12.8 Å². The van der Waals surface area contributed by atoms with Crippen LogP contribution in [0.5, 0.6) is 0 Å². The molecule has 0 aromatic carbocycles. The van der Waals surface area contributed by atoms with Crippen molar-refractivity contribution >= 4 is 15.9 Å². The van der Waals surface area contributed by atoms with Gasteiger partial charge in [-0.1, -0.05) is 0 Å². The van der Waals surface area contributed by atoms with Gasteiger partial charge in [-0.3, -0.25) is 4.68 Å². The summed E-state index contributed by atoms with van der Waals surface area (Å²) in [6, 6.07) is -0.0168. The van der Waals surface area contributed by atoms with Gasteiger partial charge in [-0.2, -0.15) is 5.10 Å². The van der Waals surface area contributed by atoms with Gasteiger partial charge in [0.1, 0.15) is 11.9 Å². The van der Waals surface area contributed by atoms with Gasteiger partial charge < -0.3 is 10.3 Å². The van der Waals surface area contributed by atoms with Gasteiger partial charge in [0.15, 0.2) is 0 Å². The van der Waals surface area contributed by atoms with E-state index in [0.29, 0.717) is 0 Å². The predicted octanol–water partition coefficient (Wildman–Crippen LogP) is 2.01. The van der Waals surface area contributed by atoms with E-state index in [-0.39, 0.29) is 12.1 Å². The third kappa shape index (κ3) is 2.14. The predicted molar refractivity (Wildman–Crippen MR) is 69.6 cm³/mol. The van der Waals surface area contributed by atoms with Crippen LogP contribution >= 0.6 is 15.9 Å². The van der Waals surface area contributed by atoms with Crippen LogP contribution in [0.2, 0.25) is 0 Å². The van der Waals surface area contributed by atoms with Crippen molar-refractivity contribution in [3.63, 3.8) is 0 Å². The molecular weight excluding hydrogens is 282 g/mol. The van der Waals surface area contributed by atoms with E-state index in [1.165, 1.54) is 0 Å². The molecule has 0 radical (unpaired) electrons. The average molecular weight is 298 g/mol. The molecule has 0 aliphatic carbocycles. The minimum Gasteiger partial charge on any atom is -0.336 e. The van der Waals surface area contributed by atoms with Crippen LogP contribution in [0.25, 0.3) is 0 Å². The van der Waals surface area contributed by atoms with Crippen LogP contribution in [0.1, 0.15) is 37.4 Å². The first-order chi connectivity index (χ1) is 8.02. The van der Waals surface area contributed by atoms with Gasteiger partial charge in [-0.05, 0) is 29.8 Å². The van der Waals surface area contributed by atoms with Gasteiger partial charge in [0.25, 0.3) is 0 Å². The van der Waals surface area contributed by atoms with E-state index in [4.69, 9.17) is 5.73 Å². The Morgan fingerprint density at radius 2 is 2.12 bits per heavy atom. The van der Waals surface area contributed by atoms with E-state index in [1.807, 2.05) is 22.5 Å². The smallest absolute Gasteiger partial charge is 0.131 e. The molecule has 0 fully saturated rings. The normalized spacial score (nSPS) is 13.3. The van der Waals surface area contributed by atoms with Gasteiger partial charge in [0.05, 0.1) is 16.4 Å². The molecule has 92 valence electrons. The monoisotopic (exact) mass is 297 g/mol. The molecular formula is C11H16BrN5. The molecule has 17 heavy (non-hydrogen) atoms. The van der Waals surface area contributed by atoms with Crippen molar-refractivity contribution in [3.05, 3.63) is 34.6 Å². The largest absolute Gasteiger partial charge is 0.336 e. The number of nitrogens with two attached hydrogens (primary N) is 1. The van der Waals surface area contributed by atoms with Crippen LogP contribution in [0.15, 0.2) is 23.1 Å². The first-order valence-corrected chi connectivity index (χ1v) is 6.27. The fourth-order valence-corrected chi connectivity index (χ4v) is 2.37. The molecule has 2 rings (SSSR count).